The average Bonchev–Trinajstić information content (AvgIpc) is 2.19. The first-order chi connectivity index (χ1) is 6.56. The zero-order valence-electron chi connectivity index (χ0n) is 7.62. The van der Waals surface area contributed by atoms with Crippen molar-refractivity contribution < 1.29 is 18.4 Å². The minimum absolute atomic E-state index is 0.464. The lowest BCUT2D eigenvalue weighted by molar-refractivity contribution is -0.0760. The number of rotatable bonds is 2. The van der Waals surface area contributed by atoms with Gasteiger partial charge in [-0.05, 0) is 6.07 Å². The van der Waals surface area contributed by atoms with E-state index in [1.165, 1.54) is 14.2 Å². The van der Waals surface area contributed by atoms with Crippen LogP contribution in [0.4, 0.5) is 8.78 Å². The smallest absolute Gasteiger partial charge is 0.274 e. The van der Waals surface area contributed by atoms with Crippen LogP contribution in [0.2, 0.25) is 0 Å². The maximum atomic E-state index is 12.9. The molecule has 0 aliphatic rings. The highest BCUT2D eigenvalue weighted by molar-refractivity contribution is 5.93. The van der Waals surface area contributed by atoms with Gasteiger partial charge in [-0.1, -0.05) is 0 Å². The van der Waals surface area contributed by atoms with Crippen molar-refractivity contribution in [2.24, 2.45) is 0 Å². The van der Waals surface area contributed by atoms with E-state index < -0.39 is 23.2 Å². The van der Waals surface area contributed by atoms with Crippen LogP contribution in [0.3, 0.4) is 0 Å². The largest absolute Gasteiger partial charge is 0.281 e. The Kier molecular flexibility index (Phi) is 3.08. The molecule has 0 aliphatic carbocycles. The first-order valence-electron chi connectivity index (χ1n) is 3.69. The van der Waals surface area contributed by atoms with E-state index in [1.807, 2.05) is 0 Å². The molecule has 0 radical (unpaired) electrons. The molecule has 1 rings (SSSR count). The van der Waals surface area contributed by atoms with Crippen molar-refractivity contribution in [1.29, 1.82) is 0 Å². The van der Waals surface area contributed by atoms with Gasteiger partial charge >= 0.3 is 0 Å². The molecule has 76 valence electrons. The molecule has 0 atom stereocenters. The molecule has 0 unspecified atom stereocenters. The number of halogens is 2. The average molecular weight is 202 g/mol. The summed E-state index contributed by atoms with van der Waals surface area (Å²) in [4.78, 5) is 18.9. The number of carbonyl (C=O) groups excluding carboxylic acids is 1. The molecule has 1 aromatic rings. The molecule has 0 spiro atoms. The third kappa shape index (κ3) is 2.02. The maximum Gasteiger partial charge on any atom is 0.281 e. The second kappa shape index (κ2) is 4.10. The first-order valence-corrected chi connectivity index (χ1v) is 3.69. The molecule has 0 N–H and O–H groups in total. The van der Waals surface area contributed by atoms with E-state index in [-0.39, 0.29) is 0 Å². The van der Waals surface area contributed by atoms with E-state index in [0.717, 1.165) is 11.1 Å². The summed E-state index contributed by atoms with van der Waals surface area (Å²) in [6.07, 6.45) is 0.693. The summed E-state index contributed by atoms with van der Waals surface area (Å²) in [7, 11) is 2.52. The predicted molar refractivity (Wildman–Crippen MR) is 43.3 cm³/mol. The zero-order chi connectivity index (χ0) is 10.7. The van der Waals surface area contributed by atoms with Crippen LogP contribution in [0.25, 0.3) is 0 Å². The Morgan fingerprint density at radius 3 is 2.79 bits per heavy atom. The lowest BCUT2D eigenvalue weighted by atomic mass is 10.2. The van der Waals surface area contributed by atoms with E-state index in [0.29, 0.717) is 6.20 Å². The van der Waals surface area contributed by atoms with Crippen molar-refractivity contribution in [3.8, 4) is 0 Å². The van der Waals surface area contributed by atoms with Gasteiger partial charge in [0, 0.05) is 7.05 Å². The molecule has 6 heteroatoms. The lowest BCUT2D eigenvalue weighted by Gasteiger charge is -2.13. The number of nitrogens with zero attached hydrogens (tertiary/aromatic N) is 2. The number of amides is 1. The second-order valence-electron chi connectivity index (χ2n) is 2.48. The van der Waals surface area contributed by atoms with Crippen molar-refractivity contribution in [2.45, 2.75) is 0 Å². The molecule has 0 aliphatic heterocycles. The van der Waals surface area contributed by atoms with Gasteiger partial charge in [-0.3, -0.25) is 9.63 Å². The van der Waals surface area contributed by atoms with Crippen molar-refractivity contribution in [1.82, 2.24) is 10.0 Å². The van der Waals surface area contributed by atoms with Gasteiger partial charge in [-0.15, -0.1) is 0 Å². The molecule has 0 bridgehead atoms. The van der Waals surface area contributed by atoms with Crippen molar-refractivity contribution in [3.63, 3.8) is 0 Å². The lowest BCUT2D eigenvalue weighted by Crippen LogP contribution is -2.26. The molecular weight excluding hydrogens is 194 g/mol. The van der Waals surface area contributed by atoms with E-state index in [1.54, 1.807) is 0 Å². The fourth-order valence-electron chi connectivity index (χ4n) is 0.825. The van der Waals surface area contributed by atoms with E-state index in [2.05, 4.69) is 9.82 Å². The predicted octanol–water partition coefficient (Wildman–Crippen LogP) is 0.993. The van der Waals surface area contributed by atoms with Crippen molar-refractivity contribution in [3.05, 3.63) is 29.6 Å². The van der Waals surface area contributed by atoms with Crippen LogP contribution in [-0.4, -0.2) is 30.1 Å². The molecular formula is C8H8F2N2O2. The van der Waals surface area contributed by atoms with Crippen LogP contribution in [-0.2, 0) is 4.84 Å². The molecule has 4 nitrogen and oxygen atoms in total. The van der Waals surface area contributed by atoms with Gasteiger partial charge in [0.2, 0.25) is 5.95 Å². The standard InChI is InChI=1S/C8H8F2N2O2/c1-12(14-2)8(13)6-3-5(9)4-11-7(6)10/h3-4H,1-2H3. The van der Waals surface area contributed by atoms with E-state index >= 15 is 0 Å². The first kappa shape index (κ1) is 10.5. The van der Waals surface area contributed by atoms with Gasteiger partial charge in [0.25, 0.3) is 5.91 Å². The molecule has 0 aromatic carbocycles. The fraction of sp³-hybridized carbons (Fsp3) is 0.250. The Morgan fingerprint density at radius 2 is 2.21 bits per heavy atom. The zero-order valence-corrected chi connectivity index (χ0v) is 7.62. The van der Waals surface area contributed by atoms with Crippen LogP contribution >= 0.6 is 0 Å². The van der Waals surface area contributed by atoms with Crippen LogP contribution in [0.1, 0.15) is 10.4 Å². The second-order valence-corrected chi connectivity index (χ2v) is 2.48. The summed E-state index contributed by atoms with van der Waals surface area (Å²) in [6, 6.07) is 0.764. The highest BCUT2D eigenvalue weighted by Gasteiger charge is 2.17. The van der Waals surface area contributed by atoms with Gasteiger partial charge in [0.15, 0.2) is 0 Å². The molecule has 0 fully saturated rings. The molecule has 0 saturated heterocycles. The van der Waals surface area contributed by atoms with Crippen molar-refractivity contribution >= 4 is 5.91 Å². The highest BCUT2D eigenvalue weighted by atomic mass is 19.1. The van der Waals surface area contributed by atoms with E-state index in [4.69, 9.17) is 0 Å². The van der Waals surface area contributed by atoms with Crippen LogP contribution in [0.15, 0.2) is 12.3 Å². The number of aromatic nitrogens is 1. The molecule has 1 aromatic heterocycles. The number of hydroxylamine groups is 2. The maximum absolute atomic E-state index is 12.9. The van der Waals surface area contributed by atoms with Gasteiger partial charge in [0.1, 0.15) is 5.82 Å². The summed E-state index contributed by atoms with van der Waals surface area (Å²) in [5.74, 6) is -2.60. The number of pyridine rings is 1. The summed E-state index contributed by atoms with van der Waals surface area (Å²) in [5.41, 5.74) is -0.464. The minimum Gasteiger partial charge on any atom is -0.274 e. The number of carbonyl (C=O) groups is 1. The van der Waals surface area contributed by atoms with Gasteiger partial charge < -0.3 is 0 Å². The van der Waals surface area contributed by atoms with Gasteiger partial charge in [-0.2, -0.15) is 4.39 Å². The normalized spacial score (nSPS) is 10.0. The SMILES string of the molecule is CON(C)C(=O)c1cc(F)cnc1F. The van der Waals surface area contributed by atoms with Gasteiger partial charge in [0.05, 0.1) is 18.9 Å². The van der Waals surface area contributed by atoms with Crippen molar-refractivity contribution in [2.75, 3.05) is 14.2 Å². The highest BCUT2D eigenvalue weighted by Crippen LogP contribution is 2.08. The Bertz CT molecular complexity index is 357. The molecule has 1 amide bonds. The summed E-state index contributed by atoms with van der Waals surface area (Å²) in [5, 5.41) is 0.777. The Morgan fingerprint density at radius 1 is 1.57 bits per heavy atom. The van der Waals surface area contributed by atoms with Crippen LogP contribution in [0, 0.1) is 11.8 Å². The topological polar surface area (TPSA) is 42.4 Å². The van der Waals surface area contributed by atoms with Gasteiger partial charge in [-0.25, -0.2) is 14.4 Å². The quantitative estimate of drug-likeness (QED) is 0.530. The molecule has 0 saturated carbocycles. The summed E-state index contributed by atoms with van der Waals surface area (Å²) >= 11 is 0. The summed E-state index contributed by atoms with van der Waals surface area (Å²) in [6.45, 7) is 0. The number of hydrogen-bond donors (Lipinski definition) is 0. The fourth-order valence-corrected chi connectivity index (χ4v) is 0.825. The Balaban J connectivity index is 3.06. The number of hydrogen-bond acceptors (Lipinski definition) is 3. The monoisotopic (exact) mass is 202 g/mol. The van der Waals surface area contributed by atoms with Crippen LogP contribution in [0.5, 0.6) is 0 Å². The minimum atomic E-state index is -1.03. The van der Waals surface area contributed by atoms with E-state index in [9.17, 15) is 13.6 Å². The Hall–Kier alpha value is -1.56. The van der Waals surface area contributed by atoms with Crippen LogP contribution < -0.4 is 0 Å². The summed E-state index contributed by atoms with van der Waals surface area (Å²) < 4.78 is 25.6. The molecule has 1 heterocycles. The third-order valence-electron chi connectivity index (χ3n) is 1.60. The molecule has 14 heavy (non-hydrogen) atoms. The Labute approximate surface area is 79.1 Å². The third-order valence-corrected chi connectivity index (χ3v) is 1.60.